The SMILES string of the molecule is Cc1cc(C)cc(N2C(=O)[C@@](C)(Cc3ccc(-c4cncnc4)cc3)n3c(S(=O)(=O)N4CC(C(=O)N(C)C)C4)cnc32)c1. The Morgan fingerprint density at radius 1 is 0.977 bits per heavy atom. The van der Waals surface area contributed by atoms with Crippen molar-refractivity contribution in [3.8, 4) is 11.1 Å². The lowest BCUT2D eigenvalue weighted by Gasteiger charge is -2.38. The Bertz CT molecular complexity index is 1810. The Morgan fingerprint density at radius 3 is 2.21 bits per heavy atom. The Hall–Kier alpha value is -4.42. The minimum Gasteiger partial charge on any atom is -0.348 e. The number of carbonyl (C=O) groups excluding carboxylic acids is 2. The molecule has 0 saturated carbocycles. The number of hydrogen-bond acceptors (Lipinski definition) is 7. The zero-order valence-electron chi connectivity index (χ0n) is 24.7. The minimum atomic E-state index is -4.06. The molecular formula is C31H33N7O4S. The highest BCUT2D eigenvalue weighted by Crippen LogP contribution is 2.44. The molecule has 12 heteroatoms. The number of sulfonamides is 1. The molecule has 6 rings (SSSR count). The van der Waals surface area contributed by atoms with E-state index in [1.807, 2.05) is 56.3 Å². The summed E-state index contributed by atoms with van der Waals surface area (Å²) in [7, 11) is -0.748. The third-order valence-electron chi connectivity index (χ3n) is 8.17. The summed E-state index contributed by atoms with van der Waals surface area (Å²) in [6, 6.07) is 13.5. The molecule has 2 aliphatic heterocycles. The summed E-state index contributed by atoms with van der Waals surface area (Å²) in [6.45, 7) is 5.82. The van der Waals surface area contributed by atoms with Crippen LogP contribution in [0, 0.1) is 19.8 Å². The van der Waals surface area contributed by atoms with E-state index in [0.29, 0.717) is 5.69 Å². The summed E-state index contributed by atoms with van der Waals surface area (Å²) in [5, 5.41) is -0.0703. The monoisotopic (exact) mass is 599 g/mol. The van der Waals surface area contributed by atoms with Crippen molar-refractivity contribution in [1.29, 1.82) is 0 Å². The van der Waals surface area contributed by atoms with E-state index in [-0.39, 0.29) is 42.3 Å². The van der Waals surface area contributed by atoms with Crippen molar-refractivity contribution in [2.45, 2.75) is 37.8 Å². The second-order valence-electron chi connectivity index (χ2n) is 11.7. The van der Waals surface area contributed by atoms with Gasteiger partial charge < -0.3 is 4.90 Å². The predicted octanol–water partition coefficient (Wildman–Crippen LogP) is 3.30. The van der Waals surface area contributed by atoms with Crippen LogP contribution in [0.25, 0.3) is 11.1 Å². The van der Waals surface area contributed by atoms with Crippen molar-refractivity contribution in [2.24, 2.45) is 5.92 Å². The fourth-order valence-corrected chi connectivity index (χ4v) is 7.69. The molecule has 0 N–H and O–H groups in total. The molecule has 1 saturated heterocycles. The number of carbonyl (C=O) groups is 2. The van der Waals surface area contributed by atoms with E-state index < -0.39 is 21.5 Å². The van der Waals surface area contributed by atoms with Crippen molar-refractivity contribution < 1.29 is 18.0 Å². The van der Waals surface area contributed by atoms with Crippen LogP contribution in [-0.4, -0.2) is 76.1 Å². The summed E-state index contributed by atoms with van der Waals surface area (Å²) in [4.78, 5) is 42.5. The molecule has 2 aromatic carbocycles. The number of imidazole rings is 1. The van der Waals surface area contributed by atoms with Crippen molar-refractivity contribution in [1.82, 2.24) is 28.7 Å². The molecule has 0 radical (unpaired) electrons. The molecule has 0 spiro atoms. The quantitative estimate of drug-likeness (QED) is 0.320. The van der Waals surface area contributed by atoms with Crippen LogP contribution in [0.2, 0.25) is 0 Å². The summed E-state index contributed by atoms with van der Waals surface area (Å²) in [5.41, 5.74) is 3.91. The van der Waals surface area contributed by atoms with Crippen LogP contribution < -0.4 is 4.90 Å². The van der Waals surface area contributed by atoms with E-state index in [4.69, 9.17) is 0 Å². The van der Waals surface area contributed by atoms with Gasteiger partial charge in [0.15, 0.2) is 5.03 Å². The normalized spacial score (nSPS) is 18.9. The van der Waals surface area contributed by atoms with Crippen molar-refractivity contribution in [3.05, 3.63) is 84.1 Å². The number of amides is 2. The fraction of sp³-hybridized carbons (Fsp3) is 0.323. The molecule has 1 atom stereocenters. The maximum Gasteiger partial charge on any atom is 0.260 e. The first-order valence-electron chi connectivity index (χ1n) is 14.0. The van der Waals surface area contributed by atoms with Crippen molar-refractivity contribution >= 4 is 33.5 Å². The highest BCUT2D eigenvalue weighted by Gasteiger charge is 2.53. The van der Waals surface area contributed by atoms with Crippen LogP contribution >= 0.6 is 0 Å². The van der Waals surface area contributed by atoms with Gasteiger partial charge in [-0.15, -0.1) is 0 Å². The van der Waals surface area contributed by atoms with Crippen LogP contribution in [0.3, 0.4) is 0 Å². The first kappa shape index (κ1) is 28.7. The Labute approximate surface area is 250 Å². The molecule has 0 aliphatic carbocycles. The van der Waals surface area contributed by atoms with Gasteiger partial charge in [-0.2, -0.15) is 4.31 Å². The second-order valence-corrected chi connectivity index (χ2v) is 13.6. The van der Waals surface area contributed by atoms with Crippen LogP contribution in [0.5, 0.6) is 0 Å². The van der Waals surface area contributed by atoms with Gasteiger partial charge in [-0.25, -0.2) is 28.3 Å². The van der Waals surface area contributed by atoms with E-state index in [9.17, 15) is 18.0 Å². The van der Waals surface area contributed by atoms with Gasteiger partial charge in [0, 0.05) is 51.6 Å². The zero-order chi connectivity index (χ0) is 30.7. The van der Waals surface area contributed by atoms with Gasteiger partial charge in [0.2, 0.25) is 11.9 Å². The van der Waals surface area contributed by atoms with Crippen LogP contribution in [-0.2, 0) is 31.6 Å². The number of fused-ring (bicyclic) bond motifs is 1. The van der Waals surface area contributed by atoms with E-state index in [1.54, 1.807) is 38.0 Å². The Kier molecular flexibility index (Phi) is 6.93. The van der Waals surface area contributed by atoms with Gasteiger partial charge in [0.25, 0.3) is 15.9 Å². The summed E-state index contributed by atoms with van der Waals surface area (Å²) >= 11 is 0. The molecule has 1 fully saturated rings. The second kappa shape index (κ2) is 10.4. The lowest BCUT2D eigenvalue weighted by atomic mass is 9.91. The van der Waals surface area contributed by atoms with Crippen LogP contribution in [0.15, 0.2) is 72.4 Å². The summed E-state index contributed by atoms with van der Waals surface area (Å²) < 4.78 is 30.8. The first-order chi connectivity index (χ1) is 20.4. The molecule has 11 nitrogen and oxygen atoms in total. The van der Waals surface area contributed by atoms with Gasteiger partial charge in [0.1, 0.15) is 11.9 Å². The van der Waals surface area contributed by atoms with E-state index in [0.717, 1.165) is 27.8 Å². The maximum atomic E-state index is 14.4. The number of aryl methyl sites for hydroxylation is 2. The molecule has 2 aliphatic rings. The molecular weight excluding hydrogens is 566 g/mol. The van der Waals surface area contributed by atoms with Gasteiger partial charge >= 0.3 is 0 Å². The lowest BCUT2D eigenvalue weighted by molar-refractivity contribution is -0.136. The van der Waals surface area contributed by atoms with Crippen molar-refractivity contribution in [3.63, 3.8) is 0 Å². The topological polar surface area (TPSA) is 122 Å². The molecule has 43 heavy (non-hydrogen) atoms. The number of nitrogens with zero attached hydrogens (tertiary/aromatic N) is 7. The standard InChI is InChI=1S/C31H33N7O4S/c1-20-10-21(2)12-26(11-20)37-29(40)31(3,13-22-6-8-23(9-7-22)24-14-32-19-33-15-24)38-27(16-34-30(37)38)43(41,42)36-17-25(18-36)28(39)35(4)5/h6-12,14-16,19,25H,13,17-18H2,1-5H3/t31-/m1/s1. The summed E-state index contributed by atoms with van der Waals surface area (Å²) in [6.07, 6.45) is 6.48. The lowest BCUT2D eigenvalue weighted by Crippen LogP contribution is -2.55. The smallest absolute Gasteiger partial charge is 0.260 e. The highest BCUT2D eigenvalue weighted by molar-refractivity contribution is 7.89. The Balaban J connectivity index is 1.41. The third-order valence-corrected chi connectivity index (χ3v) is 9.97. The van der Waals surface area contributed by atoms with E-state index in [1.165, 1.54) is 26.6 Å². The fourth-order valence-electron chi connectivity index (χ4n) is 5.97. The molecule has 0 unspecified atom stereocenters. The number of aromatic nitrogens is 4. The van der Waals surface area contributed by atoms with Gasteiger partial charge in [0.05, 0.1) is 17.8 Å². The Morgan fingerprint density at radius 2 is 1.60 bits per heavy atom. The van der Waals surface area contributed by atoms with Crippen LogP contribution in [0.4, 0.5) is 11.6 Å². The largest absolute Gasteiger partial charge is 0.348 e. The van der Waals surface area contributed by atoms with E-state index >= 15 is 0 Å². The van der Waals surface area contributed by atoms with Gasteiger partial charge in [-0.3, -0.25) is 14.2 Å². The molecule has 2 aromatic heterocycles. The number of rotatable bonds is 7. The zero-order valence-corrected chi connectivity index (χ0v) is 25.5. The number of benzene rings is 2. The summed E-state index contributed by atoms with van der Waals surface area (Å²) in [5.74, 6) is -0.548. The maximum absolute atomic E-state index is 14.4. The van der Waals surface area contributed by atoms with Gasteiger partial charge in [-0.05, 0) is 55.2 Å². The highest BCUT2D eigenvalue weighted by atomic mass is 32.2. The average molecular weight is 600 g/mol. The number of hydrogen-bond donors (Lipinski definition) is 0. The molecule has 4 heterocycles. The predicted molar refractivity (Wildman–Crippen MR) is 161 cm³/mol. The number of anilines is 2. The minimum absolute atomic E-state index is 0.0703. The molecule has 2 amide bonds. The molecule has 222 valence electrons. The van der Waals surface area contributed by atoms with Gasteiger partial charge in [-0.1, -0.05) is 30.3 Å². The van der Waals surface area contributed by atoms with E-state index in [2.05, 4.69) is 15.0 Å². The van der Waals surface area contributed by atoms with Crippen molar-refractivity contribution in [2.75, 3.05) is 32.1 Å². The average Bonchev–Trinajstić information content (AvgIpc) is 3.46. The van der Waals surface area contributed by atoms with Crippen LogP contribution in [0.1, 0.15) is 23.6 Å². The molecule has 4 aromatic rings. The first-order valence-corrected chi connectivity index (χ1v) is 15.4. The third kappa shape index (κ3) is 4.80. The molecule has 0 bridgehead atoms.